The molecule has 0 bridgehead atoms. The minimum Gasteiger partial charge on any atom is -0.353 e. The number of rotatable bonds is 7. The van der Waals surface area contributed by atoms with Gasteiger partial charge in [0.15, 0.2) is 0 Å². The van der Waals surface area contributed by atoms with E-state index in [1.54, 1.807) is 41.7 Å². The molecule has 0 radical (unpaired) electrons. The number of hydrogen-bond donors (Lipinski definition) is 1. The van der Waals surface area contributed by atoms with Crippen LogP contribution in [-0.2, 0) is 14.8 Å². The smallest absolute Gasteiger partial charge is 0.243 e. The molecule has 28 heavy (non-hydrogen) atoms. The zero-order chi connectivity index (χ0) is 20.1. The van der Waals surface area contributed by atoms with E-state index in [0.717, 1.165) is 12.8 Å². The van der Waals surface area contributed by atoms with Crippen LogP contribution in [0.25, 0.3) is 0 Å². The Morgan fingerprint density at radius 1 is 1.21 bits per heavy atom. The standard InChI is InChI=1S/C20H27N3O3S2/c1-22(2)18(19-12-8-14-27-19)15-21-20(24)17-11-6-7-13-23(17)28(25,26)16-9-4-3-5-10-16/h3-5,8-10,12,14,17-18H,6-7,11,13,15H2,1-2H3,(H,21,24). The van der Waals surface area contributed by atoms with Crippen LogP contribution in [0.5, 0.6) is 0 Å². The van der Waals surface area contributed by atoms with E-state index in [1.165, 1.54) is 9.18 Å². The quantitative estimate of drug-likeness (QED) is 0.746. The van der Waals surface area contributed by atoms with Crippen LogP contribution in [-0.4, -0.2) is 56.8 Å². The number of likely N-dealkylation sites (N-methyl/N-ethyl adjacent to an activating group) is 1. The third-order valence-corrected chi connectivity index (χ3v) is 7.97. The fourth-order valence-corrected chi connectivity index (χ4v) is 6.12. The molecule has 3 rings (SSSR count). The van der Waals surface area contributed by atoms with Crippen LogP contribution in [0.15, 0.2) is 52.7 Å². The van der Waals surface area contributed by atoms with E-state index in [4.69, 9.17) is 0 Å². The number of nitrogens with one attached hydrogen (secondary N) is 1. The molecule has 8 heteroatoms. The summed E-state index contributed by atoms with van der Waals surface area (Å²) >= 11 is 1.65. The summed E-state index contributed by atoms with van der Waals surface area (Å²) in [5, 5.41) is 5.01. The Kier molecular flexibility index (Phi) is 6.87. The first-order chi connectivity index (χ1) is 13.4. The maximum atomic E-state index is 13.1. The summed E-state index contributed by atoms with van der Waals surface area (Å²) in [6.07, 6.45) is 2.16. The minimum absolute atomic E-state index is 0.0618. The van der Waals surface area contributed by atoms with Crippen LogP contribution < -0.4 is 5.32 Å². The highest BCUT2D eigenvalue weighted by Gasteiger charge is 2.37. The molecule has 2 aromatic rings. The van der Waals surface area contributed by atoms with Gasteiger partial charge >= 0.3 is 0 Å². The van der Waals surface area contributed by atoms with Crippen molar-refractivity contribution in [2.45, 2.75) is 36.2 Å². The van der Waals surface area contributed by atoms with Crippen molar-refractivity contribution < 1.29 is 13.2 Å². The molecule has 2 unspecified atom stereocenters. The molecule has 0 aliphatic carbocycles. The van der Waals surface area contributed by atoms with Gasteiger partial charge in [0.25, 0.3) is 0 Å². The Hall–Kier alpha value is -1.74. The Morgan fingerprint density at radius 2 is 1.96 bits per heavy atom. The summed E-state index contributed by atoms with van der Waals surface area (Å²) in [7, 11) is 0.261. The summed E-state index contributed by atoms with van der Waals surface area (Å²) in [5.41, 5.74) is 0. The van der Waals surface area contributed by atoms with Gasteiger partial charge in [-0.15, -0.1) is 11.3 Å². The van der Waals surface area contributed by atoms with E-state index in [-0.39, 0.29) is 16.8 Å². The maximum absolute atomic E-state index is 13.1. The summed E-state index contributed by atoms with van der Waals surface area (Å²) in [5.74, 6) is -0.220. The van der Waals surface area contributed by atoms with Crippen molar-refractivity contribution in [2.75, 3.05) is 27.2 Å². The topological polar surface area (TPSA) is 69.7 Å². The number of sulfonamides is 1. The van der Waals surface area contributed by atoms with Crippen molar-refractivity contribution >= 4 is 27.3 Å². The molecule has 0 saturated carbocycles. The highest BCUT2D eigenvalue weighted by atomic mass is 32.2. The number of benzene rings is 1. The fourth-order valence-electron chi connectivity index (χ4n) is 3.52. The van der Waals surface area contributed by atoms with Gasteiger partial charge in [0, 0.05) is 18.0 Å². The zero-order valence-corrected chi connectivity index (χ0v) is 17.9. The molecule has 1 aromatic heterocycles. The molecule has 1 aliphatic heterocycles. The van der Waals surface area contributed by atoms with E-state index in [1.807, 2.05) is 31.6 Å². The lowest BCUT2D eigenvalue weighted by Crippen LogP contribution is -2.52. The number of nitrogens with zero attached hydrogens (tertiary/aromatic N) is 2. The monoisotopic (exact) mass is 421 g/mol. The maximum Gasteiger partial charge on any atom is 0.243 e. The first-order valence-corrected chi connectivity index (χ1v) is 11.8. The van der Waals surface area contributed by atoms with Gasteiger partial charge in [0.1, 0.15) is 6.04 Å². The van der Waals surface area contributed by atoms with Gasteiger partial charge in [-0.05, 0) is 50.5 Å². The molecule has 2 heterocycles. The molecule has 6 nitrogen and oxygen atoms in total. The average Bonchev–Trinajstić information content (AvgIpc) is 3.23. The lowest BCUT2D eigenvalue weighted by Gasteiger charge is -2.34. The van der Waals surface area contributed by atoms with Crippen LogP contribution in [0, 0.1) is 0 Å². The van der Waals surface area contributed by atoms with Crippen LogP contribution in [0.2, 0.25) is 0 Å². The SMILES string of the molecule is CN(C)C(CNC(=O)C1CCCCN1S(=O)(=O)c1ccccc1)c1cccs1. The van der Waals surface area contributed by atoms with Gasteiger partial charge < -0.3 is 10.2 Å². The van der Waals surface area contributed by atoms with Crippen LogP contribution >= 0.6 is 11.3 Å². The van der Waals surface area contributed by atoms with Gasteiger partial charge in [-0.1, -0.05) is 30.7 Å². The first kappa shape index (κ1) is 21.0. The number of piperidine rings is 1. The molecule has 1 aromatic carbocycles. The number of hydrogen-bond acceptors (Lipinski definition) is 5. The van der Waals surface area contributed by atoms with Gasteiger partial charge in [-0.25, -0.2) is 8.42 Å². The van der Waals surface area contributed by atoms with Crippen molar-refractivity contribution in [3.8, 4) is 0 Å². The van der Waals surface area contributed by atoms with Crippen LogP contribution in [0.4, 0.5) is 0 Å². The van der Waals surface area contributed by atoms with E-state index in [9.17, 15) is 13.2 Å². The second kappa shape index (κ2) is 9.17. The largest absolute Gasteiger partial charge is 0.353 e. The normalized spacial score (nSPS) is 19.5. The Morgan fingerprint density at radius 3 is 2.61 bits per heavy atom. The number of thiophene rings is 1. The van der Waals surface area contributed by atoms with E-state index < -0.39 is 16.1 Å². The molecule has 2 atom stereocenters. The van der Waals surface area contributed by atoms with E-state index >= 15 is 0 Å². The highest BCUT2D eigenvalue weighted by molar-refractivity contribution is 7.89. The summed E-state index contributed by atoms with van der Waals surface area (Å²) < 4.78 is 27.5. The molecule has 1 aliphatic rings. The van der Waals surface area contributed by atoms with Gasteiger partial charge in [-0.2, -0.15) is 4.31 Å². The summed E-state index contributed by atoms with van der Waals surface area (Å²) in [6, 6.07) is 11.8. The van der Waals surface area contributed by atoms with Crippen molar-refractivity contribution in [1.82, 2.24) is 14.5 Å². The van der Waals surface area contributed by atoms with Crippen molar-refractivity contribution in [3.05, 3.63) is 52.7 Å². The van der Waals surface area contributed by atoms with E-state index in [2.05, 4.69) is 10.2 Å². The summed E-state index contributed by atoms with van der Waals surface area (Å²) in [6.45, 7) is 0.819. The Labute approximate surface area is 171 Å². The van der Waals surface area contributed by atoms with Crippen molar-refractivity contribution in [1.29, 1.82) is 0 Å². The molecule has 152 valence electrons. The second-order valence-electron chi connectivity index (χ2n) is 7.18. The minimum atomic E-state index is -3.69. The Balaban J connectivity index is 1.74. The van der Waals surface area contributed by atoms with Gasteiger partial charge in [-0.3, -0.25) is 4.79 Å². The Bertz CT molecular complexity index is 867. The molecule has 0 spiro atoms. The first-order valence-electron chi connectivity index (χ1n) is 9.45. The van der Waals surface area contributed by atoms with Gasteiger partial charge in [0.05, 0.1) is 10.9 Å². The molecule has 1 N–H and O–H groups in total. The second-order valence-corrected chi connectivity index (χ2v) is 10.1. The predicted molar refractivity (Wildman–Crippen MR) is 112 cm³/mol. The summed E-state index contributed by atoms with van der Waals surface area (Å²) in [4.78, 5) is 16.4. The van der Waals surface area contributed by atoms with Gasteiger partial charge in [0.2, 0.25) is 15.9 Å². The molecular formula is C20H27N3O3S2. The third kappa shape index (κ3) is 4.63. The molecule has 1 amide bonds. The van der Waals surface area contributed by atoms with Crippen molar-refractivity contribution in [3.63, 3.8) is 0 Å². The number of amides is 1. The third-order valence-electron chi connectivity index (χ3n) is 5.07. The van der Waals surface area contributed by atoms with Crippen molar-refractivity contribution in [2.24, 2.45) is 0 Å². The lowest BCUT2D eigenvalue weighted by atomic mass is 10.0. The lowest BCUT2D eigenvalue weighted by molar-refractivity contribution is -0.125. The molecular weight excluding hydrogens is 394 g/mol. The zero-order valence-electron chi connectivity index (χ0n) is 16.2. The molecule has 1 saturated heterocycles. The average molecular weight is 422 g/mol. The van der Waals surface area contributed by atoms with Crippen LogP contribution in [0.3, 0.4) is 0 Å². The predicted octanol–water partition coefficient (Wildman–Crippen LogP) is 2.71. The van der Waals surface area contributed by atoms with Crippen LogP contribution in [0.1, 0.15) is 30.2 Å². The number of carbonyl (C=O) groups is 1. The molecule has 1 fully saturated rings. The van der Waals surface area contributed by atoms with E-state index in [0.29, 0.717) is 19.5 Å². The fraction of sp³-hybridized carbons (Fsp3) is 0.450. The highest BCUT2D eigenvalue weighted by Crippen LogP contribution is 2.26. The number of carbonyl (C=O) groups excluding carboxylic acids is 1.